The maximum atomic E-state index is 11.6. The van der Waals surface area contributed by atoms with Gasteiger partial charge in [0.05, 0.1) is 6.04 Å². The number of aryl methyl sites for hydroxylation is 1. The maximum Gasteiger partial charge on any atom is 0.228 e. The standard InChI is InChI=1S/C13H15N3OS/c1-7-3-5-9(6-4-7)11-10(12(14)17)8(2)15-13(18)16-11/h3-6,10-11H,2H2,1H3,(H2,14,17)(H2,15,16,18)/t10-,11+/m1/s1. The molecule has 1 fully saturated rings. The number of amides is 1. The normalized spacial score (nSPS) is 23.2. The fourth-order valence-electron chi connectivity index (χ4n) is 2.07. The number of nitrogens with one attached hydrogen (secondary N) is 2. The Kier molecular flexibility index (Phi) is 3.34. The molecule has 0 radical (unpaired) electrons. The largest absolute Gasteiger partial charge is 0.369 e. The average Bonchev–Trinajstić information content (AvgIpc) is 2.28. The summed E-state index contributed by atoms with van der Waals surface area (Å²) in [5.41, 5.74) is 8.10. The number of benzene rings is 1. The summed E-state index contributed by atoms with van der Waals surface area (Å²) in [4.78, 5) is 11.6. The molecule has 0 bridgehead atoms. The molecule has 4 N–H and O–H groups in total. The summed E-state index contributed by atoms with van der Waals surface area (Å²) in [6.45, 7) is 5.83. The molecule has 1 saturated heterocycles. The Balaban J connectivity index is 2.37. The molecule has 0 saturated carbocycles. The second-order valence-corrected chi connectivity index (χ2v) is 4.80. The van der Waals surface area contributed by atoms with Gasteiger partial charge >= 0.3 is 0 Å². The van der Waals surface area contributed by atoms with E-state index in [1.54, 1.807) is 0 Å². The van der Waals surface area contributed by atoms with E-state index in [0.717, 1.165) is 11.1 Å². The molecule has 5 heteroatoms. The van der Waals surface area contributed by atoms with E-state index in [2.05, 4.69) is 17.2 Å². The van der Waals surface area contributed by atoms with Crippen LogP contribution in [0, 0.1) is 12.8 Å². The van der Waals surface area contributed by atoms with Crippen molar-refractivity contribution in [3.63, 3.8) is 0 Å². The van der Waals surface area contributed by atoms with Crippen LogP contribution in [0.3, 0.4) is 0 Å². The molecule has 0 unspecified atom stereocenters. The fourth-order valence-corrected chi connectivity index (χ4v) is 2.33. The molecule has 94 valence electrons. The molecule has 0 aromatic heterocycles. The van der Waals surface area contributed by atoms with Crippen LogP contribution >= 0.6 is 12.2 Å². The van der Waals surface area contributed by atoms with Gasteiger partial charge in [-0.2, -0.15) is 0 Å². The van der Waals surface area contributed by atoms with Gasteiger partial charge in [-0.15, -0.1) is 0 Å². The van der Waals surface area contributed by atoms with Crippen LogP contribution in [0.25, 0.3) is 0 Å². The number of thiocarbonyl (C=S) groups is 1. The lowest BCUT2D eigenvalue weighted by molar-refractivity contribution is -0.121. The first-order valence-electron chi connectivity index (χ1n) is 5.61. The zero-order valence-electron chi connectivity index (χ0n) is 10.1. The summed E-state index contributed by atoms with van der Waals surface area (Å²) in [5, 5.41) is 6.38. The van der Waals surface area contributed by atoms with Gasteiger partial charge in [-0.1, -0.05) is 36.4 Å². The Morgan fingerprint density at radius 1 is 1.39 bits per heavy atom. The molecular formula is C13H15N3OS. The molecule has 18 heavy (non-hydrogen) atoms. The lowest BCUT2D eigenvalue weighted by Gasteiger charge is -2.34. The van der Waals surface area contributed by atoms with Crippen LogP contribution in [0.4, 0.5) is 0 Å². The molecule has 2 atom stereocenters. The third kappa shape index (κ3) is 2.36. The highest BCUT2D eigenvalue weighted by molar-refractivity contribution is 7.80. The number of primary amides is 1. The predicted molar refractivity (Wildman–Crippen MR) is 74.6 cm³/mol. The van der Waals surface area contributed by atoms with E-state index in [1.807, 2.05) is 31.2 Å². The van der Waals surface area contributed by atoms with E-state index < -0.39 is 11.8 Å². The summed E-state index contributed by atoms with van der Waals surface area (Å²) >= 11 is 5.09. The Hall–Kier alpha value is -1.88. The average molecular weight is 261 g/mol. The van der Waals surface area contributed by atoms with Gasteiger partial charge in [0.1, 0.15) is 5.92 Å². The summed E-state index contributed by atoms with van der Waals surface area (Å²) in [6, 6.07) is 7.64. The molecule has 1 aliphatic heterocycles. The quantitative estimate of drug-likeness (QED) is 0.698. The van der Waals surface area contributed by atoms with E-state index in [0.29, 0.717) is 10.8 Å². The van der Waals surface area contributed by atoms with Gasteiger partial charge in [0.15, 0.2) is 5.11 Å². The molecule has 1 aromatic carbocycles. The second-order valence-electron chi connectivity index (χ2n) is 4.39. The number of carbonyl (C=O) groups excluding carboxylic acids is 1. The van der Waals surface area contributed by atoms with Crippen molar-refractivity contribution < 1.29 is 4.79 Å². The van der Waals surface area contributed by atoms with Crippen molar-refractivity contribution in [3.05, 3.63) is 47.7 Å². The number of nitrogens with two attached hydrogens (primary N) is 1. The monoisotopic (exact) mass is 261 g/mol. The fraction of sp³-hybridized carbons (Fsp3) is 0.231. The third-order valence-electron chi connectivity index (χ3n) is 3.01. The van der Waals surface area contributed by atoms with Crippen LogP contribution in [0.2, 0.25) is 0 Å². The van der Waals surface area contributed by atoms with Crippen LogP contribution in [0.1, 0.15) is 17.2 Å². The van der Waals surface area contributed by atoms with Crippen molar-refractivity contribution in [2.45, 2.75) is 13.0 Å². The van der Waals surface area contributed by atoms with Crippen LogP contribution in [0.5, 0.6) is 0 Å². The third-order valence-corrected chi connectivity index (χ3v) is 3.23. The van der Waals surface area contributed by atoms with Gasteiger partial charge in [0.25, 0.3) is 0 Å². The minimum Gasteiger partial charge on any atom is -0.369 e. The topological polar surface area (TPSA) is 67.2 Å². The summed E-state index contributed by atoms with van der Waals surface area (Å²) in [7, 11) is 0. The van der Waals surface area contributed by atoms with E-state index in [9.17, 15) is 4.79 Å². The lowest BCUT2D eigenvalue weighted by atomic mass is 9.88. The summed E-state index contributed by atoms with van der Waals surface area (Å²) < 4.78 is 0. The van der Waals surface area contributed by atoms with Gasteiger partial charge in [0.2, 0.25) is 5.91 Å². The van der Waals surface area contributed by atoms with Crippen molar-refractivity contribution in [2.75, 3.05) is 0 Å². The molecule has 4 nitrogen and oxygen atoms in total. The number of hydrogen-bond acceptors (Lipinski definition) is 2. The molecule has 1 aliphatic rings. The second kappa shape index (κ2) is 4.78. The minimum absolute atomic E-state index is 0.260. The molecule has 1 heterocycles. The van der Waals surface area contributed by atoms with Crippen molar-refractivity contribution in [3.8, 4) is 0 Å². The van der Waals surface area contributed by atoms with Gasteiger partial charge in [-0.3, -0.25) is 4.79 Å². The minimum atomic E-state index is -0.514. The number of carbonyl (C=O) groups is 1. The smallest absolute Gasteiger partial charge is 0.228 e. The first-order chi connectivity index (χ1) is 8.49. The van der Waals surface area contributed by atoms with E-state index >= 15 is 0 Å². The molecule has 1 amide bonds. The highest BCUT2D eigenvalue weighted by atomic mass is 32.1. The lowest BCUT2D eigenvalue weighted by Crippen LogP contribution is -2.52. The number of rotatable bonds is 2. The van der Waals surface area contributed by atoms with Gasteiger partial charge in [-0.25, -0.2) is 0 Å². The predicted octanol–water partition coefficient (Wildman–Crippen LogP) is 1.13. The van der Waals surface area contributed by atoms with Crippen molar-refractivity contribution in [1.82, 2.24) is 10.6 Å². The first kappa shape index (κ1) is 12.6. The SMILES string of the molecule is C=C1NC(=S)N[C@@H](c2ccc(C)cc2)[C@@H]1C(N)=O. The van der Waals surface area contributed by atoms with Gasteiger partial charge in [0, 0.05) is 5.70 Å². The molecular weight excluding hydrogens is 246 g/mol. The van der Waals surface area contributed by atoms with Crippen molar-refractivity contribution in [2.24, 2.45) is 11.7 Å². The molecule has 2 rings (SSSR count). The Labute approximate surface area is 111 Å². The molecule has 0 spiro atoms. The summed E-state index contributed by atoms with van der Waals surface area (Å²) in [6.07, 6.45) is 0. The number of hydrogen-bond donors (Lipinski definition) is 3. The zero-order valence-corrected chi connectivity index (χ0v) is 10.9. The summed E-state index contributed by atoms with van der Waals surface area (Å²) in [5.74, 6) is -0.938. The van der Waals surface area contributed by atoms with Crippen LogP contribution < -0.4 is 16.4 Å². The highest BCUT2D eigenvalue weighted by Gasteiger charge is 2.34. The first-order valence-corrected chi connectivity index (χ1v) is 6.02. The molecule has 1 aromatic rings. The van der Waals surface area contributed by atoms with Gasteiger partial charge in [-0.05, 0) is 24.7 Å². The van der Waals surface area contributed by atoms with Crippen LogP contribution in [-0.4, -0.2) is 11.0 Å². The van der Waals surface area contributed by atoms with E-state index in [-0.39, 0.29) is 6.04 Å². The Morgan fingerprint density at radius 2 is 2.00 bits per heavy atom. The van der Waals surface area contributed by atoms with Crippen molar-refractivity contribution in [1.29, 1.82) is 0 Å². The van der Waals surface area contributed by atoms with Crippen LogP contribution in [-0.2, 0) is 4.79 Å². The maximum absolute atomic E-state index is 11.6. The van der Waals surface area contributed by atoms with E-state index in [4.69, 9.17) is 18.0 Å². The Bertz CT molecular complexity index is 509. The van der Waals surface area contributed by atoms with E-state index in [1.165, 1.54) is 0 Å². The van der Waals surface area contributed by atoms with Crippen molar-refractivity contribution >= 4 is 23.2 Å². The van der Waals surface area contributed by atoms with Crippen LogP contribution in [0.15, 0.2) is 36.5 Å². The van der Waals surface area contributed by atoms with Gasteiger partial charge < -0.3 is 16.4 Å². The molecule has 0 aliphatic carbocycles. The highest BCUT2D eigenvalue weighted by Crippen LogP contribution is 2.29. The zero-order chi connectivity index (χ0) is 13.3. The Morgan fingerprint density at radius 3 is 2.56 bits per heavy atom.